The van der Waals surface area contributed by atoms with E-state index in [-0.39, 0.29) is 12.2 Å². The van der Waals surface area contributed by atoms with Crippen LogP contribution in [0, 0.1) is 0 Å². The number of benzene rings is 1. The maximum absolute atomic E-state index is 5.56. The monoisotopic (exact) mass is 300 g/mol. The molecule has 120 valence electrons. The molecule has 0 heterocycles. The Labute approximate surface area is 125 Å². The SMILES string of the molecule is COC[C@H](OC)[C@H](OC)c1cc(OC)c(OC)c(OC)c1. The molecule has 0 spiro atoms. The number of hydrogen-bond donors (Lipinski definition) is 0. The van der Waals surface area contributed by atoms with Gasteiger partial charge in [-0.05, 0) is 17.7 Å². The van der Waals surface area contributed by atoms with Crippen LogP contribution in [-0.2, 0) is 14.2 Å². The van der Waals surface area contributed by atoms with Gasteiger partial charge in [0.25, 0.3) is 0 Å². The molecule has 0 aliphatic heterocycles. The van der Waals surface area contributed by atoms with E-state index in [9.17, 15) is 0 Å². The van der Waals surface area contributed by atoms with Crippen molar-refractivity contribution in [1.82, 2.24) is 0 Å². The average molecular weight is 300 g/mol. The van der Waals surface area contributed by atoms with Gasteiger partial charge in [-0.15, -0.1) is 0 Å². The topological polar surface area (TPSA) is 55.4 Å². The summed E-state index contributed by atoms with van der Waals surface area (Å²) in [5.74, 6) is 1.68. The molecule has 0 aromatic heterocycles. The fourth-order valence-corrected chi connectivity index (χ4v) is 2.21. The van der Waals surface area contributed by atoms with Crippen molar-refractivity contribution < 1.29 is 28.4 Å². The zero-order valence-electron chi connectivity index (χ0n) is 13.5. The molecule has 1 aromatic rings. The Morgan fingerprint density at radius 1 is 0.810 bits per heavy atom. The van der Waals surface area contributed by atoms with E-state index < -0.39 is 0 Å². The highest BCUT2D eigenvalue weighted by Gasteiger charge is 2.26. The van der Waals surface area contributed by atoms with E-state index in [0.717, 1.165) is 5.56 Å². The van der Waals surface area contributed by atoms with E-state index in [1.165, 1.54) is 0 Å². The molecular formula is C15H24O6. The molecule has 0 bridgehead atoms. The van der Waals surface area contributed by atoms with Crippen molar-refractivity contribution in [1.29, 1.82) is 0 Å². The van der Waals surface area contributed by atoms with E-state index in [4.69, 9.17) is 28.4 Å². The highest BCUT2D eigenvalue weighted by atomic mass is 16.6. The molecule has 0 fully saturated rings. The summed E-state index contributed by atoms with van der Waals surface area (Å²) in [6.45, 7) is 0.408. The van der Waals surface area contributed by atoms with Crippen molar-refractivity contribution in [2.45, 2.75) is 12.2 Å². The van der Waals surface area contributed by atoms with Crippen molar-refractivity contribution >= 4 is 0 Å². The molecule has 0 radical (unpaired) electrons. The Morgan fingerprint density at radius 3 is 1.71 bits per heavy atom. The molecule has 21 heavy (non-hydrogen) atoms. The second-order valence-corrected chi connectivity index (χ2v) is 4.34. The van der Waals surface area contributed by atoms with Crippen LogP contribution in [0.5, 0.6) is 17.2 Å². The van der Waals surface area contributed by atoms with Crippen molar-refractivity contribution in [3.05, 3.63) is 17.7 Å². The third kappa shape index (κ3) is 4.00. The lowest BCUT2D eigenvalue weighted by molar-refractivity contribution is -0.0697. The van der Waals surface area contributed by atoms with Gasteiger partial charge < -0.3 is 28.4 Å². The zero-order valence-corrected chi connectivity index (χ0v) is 13.5. The van der Waals surface area contributed by atoms with Gasteiger partial charge in [0.15, 0.2) is 11.5 Å². The molecule has 0 aliphatic rings. The van der Waals surface area contributed by atoms with Crippen LogP contribution in [-0.4, -0.2) is 55.4 Å². The van der Waals surface area contributed by atoms with Crippen LogP contribution < -0.4 is 14.2 Å². The summed E-state index contributed by atoms with van der Waals surface area (Å²) < 4.78 is 32.2. The molecule has 0 amide bonds. The van der Waals surface area contributed by atoms with Crippen LogP contribution in [0.1, 0.15) is 11.7 Å². The summed E-state index contributed by atoms with van der Waals surface area (Å²) in [5, 5.41) is 0. The lowest BCUT2D eigenvalue weighted by Crippen LogP contribution is -2.27. The van der Waals surface area contributed by atoms with Crippen molar-refractivity contribution in [3.63, 3.8) is 0 Å². The highest BCUT2D eigenvalue weighted by molar-refractivity contribution is 5.54. The lowest BCUT2D eigenvalue weighted by Gasteiger charge is -2.26. The Kier molecular flexibility index (Phi) is 7.28. The van der Waals surface area contributed by atoms with Gasteiger partial charge in [-0.25, -0.2) is 0 Å². The normalized spacial score (nSPS) is 13.6. The lowest BCUT2D eigenvalue weighted by atomic mass is 10.0. The van der Waals surface area contributed by atoms with E-state index in [1.807, 2.05) is 12.1 Å². The predicted octanol–water partition coefficient (Wildman–Crippen LogP) is 2.06. The largest absolute Gasteiger partial charge is 0.493 e. The standard InChI is InChI=1S/C15H24O6/c1-16-9-13(19-4)14(20-5)10-7-11(17-2)15(21-6)12(8-10)18-3/h7-8,13-14H,9H2,1-6H3/t13-,14+/m0/s1. The Hall–Kier alpha value is -1.50. The third-order valence-electron chi connectivity index (χ3n) is 3.24. The predicted molar refractivity (Wildman–Crippen MR) is 78.5 cm³/mol. The van der Waals surface area contributed by atoms with E-state index in [0.29, 0.717) is 23.9 Å². The quantitative estimate of drug-likeness (QED) is 0.696. The minimum Gasteiger partial charge on any atom is -0.493 e. The minimum absolute atomic E-state index is 0.247. The van der Waals surface area contributed by atoms with Crippen LogP contribution >= 0.6 is 0 Å². The van der Waals surface area contributed by atoms with Crippen LogP contribution in [0.25, 0.3) is 0 Å². The van der Waals surface area contributed by atoms with E-state index in [1.54, 1.807) is 42.7 Å². The van der Waals surface area contributed by atoms with Crippen LogP contribution in [0.15, 0.2) is 12.1 Å². The molecule has 0 aliphatic carbocycles. The summed E-state index contributed by atoms with van der Waals surface area (Å²) in [7, 11) is 9.57. The maximum Gasteiger partial charge on any atom is 0.203 e. The van der Waals surface area contributed by atoms with Gasteiger partial charge in [0.1, 0.15) is 12.2 Å². The van der Waals surface area contributed by atoms with Crippen molar-refractivity contribution in [2.24, 2.45) is 0 Å². The van der Waals surface area contributed by atoms with Crippen LogP contribution in [0.3, 0.4) is 0 Å². The minimum atomic E-state index is -0.316. The fraction of sp³-hybridized carbons (Fsp3) is 0.600. The first kappa shape index (κ1) is 17.6. The van der Waals surface area contributed by atoms with E-state index >= 15 is 0 Å². The highest BCUT2D eigenvalue weighted by Crippen LogP contribution is 2.41. The number of ether oxygens (including phenoxy) is 6. The molecule has 6 nitrogen and oxygen atoms in total. The second kappa shape index (κ2) is 8.71. The summed E-state index contributed by atoms with van der Waals surface area (Å²) >= 11 is 0. The fourth-order valence-electron chi connectivity index (χ4n) is 2.21. The average Bonchev–Trinajstić information content (AvgIpc) is 2.53. The smallest absolute Gasteiger partial charge is 0.203 e. The van der Waals surface area contributed by atoms with Crippen LogP contribution in [0.2, 0.25) is 0 Å². The summed E-state index contributed by atoms with van der Waals surface area (Å²) in [5.41, 5.74) is 0.857. The first-order chi connectivity index (χ1) is 10.2. The number of hydrogen-bond acceptors (Lipinski definition) is 6. The maximum atomic E-state index is 5.56. The first-order valence-corrected chi connectivity index (χ1v) is 6.51. The zero-order chi connectivity index (χ0) is 15.8. The number of rotatable bonds is 9. The summed E-state index contributed by atoms with van der Waals surface area (Å²) in [4.78, 5) is 0. The molecule has 0 N–H and O–H groups in total. The van der Waals surface area contributed by atoms with Gasteiger partial charge in [-0.1, -0.05) is 0 Å². The summed E-state index contributed by atoms with van der Waals surface area (Å²) in [6.07, 6.45) is -0.563. The number of methoxy groups -OCH3 is 6. The van der Waals surface area contributed by atoms with E-state index in [2.05, 4.69) is 0 Å². The van der Waals surface area contributed by atoms with Gasteiger partial charge >= 0.3 is 0 Å². The molecule has 2 atom stereocenters. The Morgan fingerprint density at radius 2 is 1.38 bits per heavy atom. The molecular weight excluding hydrogens is 276 g/mol. The molecule has 1 aromatic carbocycles. The van der Waals surface area contributed by atoms with Crippen molar-refractivity contribution in [3.8, 4) is 17.2 Å². The molecule has 0 unspecified atom stereocenters. The Balaban J connectivity index is 3.26. The molecule has 6 heteroatoms. The summed E-state index contributed by atoms with van der Waals surface area (Å²) in [6, 6.07) is 3.69. The van der Waals surface area contributed by atoms with Gasteiger partial charge in [0.2, 0.25) is 5.75 Å². The Bertz CT molecular complexity index is 409. The molecule has 1 rings (SSSR count). The first-order valence-electron chi connectivity index (χ1n) is 6.51. The third-order valence-corrected chi connectivity index (χ3v) is 3.24. The van der Waals surface area contributed by atoms with Crippen LogP contribution in [0.4, 0.5) is 0 Å². The van der Waals surface area contributed by atoms with Gasteiger partial charge in [0, 0.05) is 21.3 Å². The molecule has 0 saturated heterocycles. The van der Waals surface area contributed by atoms with Gasteiger partial charge in [-0.3, -0.25) is 0 Å². The molecule has 0 saturated carbocycles. The van der Waals surface area contributed by atoms with Crippen molar-refractivity contribution in [2.75, 3.05) is 49.3 Å². The van der Waals surface area contributed by atoms with Gasteiger partial charge in [0.05, 0.1) is 27.9 Å². The van der Waals surface area contributed by atoms with Gasteiger partial charge in [-0.2, -0.15) is 0 Å². The second-order valence-electron chi connectivity index (χ2n) is 4.34.